The predicted molar refractivity (Wildman–Crippen MR) is 120 cm³/mol. The normalized spacial score (nSPS) is 15.6. The van der Waals surface area contributed by atoms with Crippen LogP contribution in [0.5, 0.6) is 5.75 Å². The van der Waals surface area contributed by atoms with E-state index in [1.165, 1.54) is 0 Å². The average molecular weight is 448 g/mol. The van der Waals surface area contributed by atoms with E-state index in [0.717, 1.165) is 17.3 Å². The summed E-state index contributed by atoms with van der Waals surface area (Å²) in [7, 11) is 0. The molecule has 2 aromatic rings. The van der Waals surface area contributed by atoms with Crippen LogP contribution in [0.25, 0.3) is 0 Å². The van der Waals surface area contributed by atoms with Crippen molar-refractivity contribution in [3.8, 4) is 5.75 Å². The molecule has 0 spiro atoms. The first-order valence-electron chi connectivity index (χ1n) is 9.36. The number of thioether (sulfide) groups is 1. The third-order valence-corrected chi connectivity index (χ3v) is 5.59. The van der Waals surface area contributed by atoms with Gasteiger partial charge >= 0.3 is 5.97 Å². The van der Waals surface area contributed by atoms with Crippen molar-refractivity contribution in [3.63, 3.8) is 0 Å². The molecule has 0 saturated carbocycles. The highest BCUT2D eigenvalue weighted by Crippen LogP contribution is 2.25. The highest BCUT2D eigenvalue weighted by Gasteiger charge is 2.27. The zero-order valence-electron chi connectivity index (χ0n) is 16.5. The summed E-state index contributed by atoms with van der Waals surface area (Å²) in [6.45, 7) is 4.42. The lowest BCUT2D eigenvalue weighted by Gasteiger charge is -2.15. The van der Waals surface area contributed by atoms with E-state index < -0.39 is 11.2 Å². The maximum absolute atomic E-state index is 12.7. The van der Waals surface area contributed by atoms with E-state index in [0.29, 0.717) is 33.7 Å². The Kier molecular flexibility index (Phi) is 7.23. The fraction of sp³-hybridized carbons (Fsp3) is 0.286. The number of aliphatic imine (C=N–C) groups is 1. The molecule has 0 saturated heterocycles. The van der Waals surface area contributed by atoms with Crippen molar-refractivity contribution in [2.75, 3.05) is 11.9 Å². The zero-order valence-corrected chi connectivity index (χ0v) is 18.1. The van der Waals surface area contributed by atoms with Gasteiger partial charge in [-0.3, -0.25) is 14.6 Å². The topological polar surface area (TPSA) is 100 Å². The molecule has 1 amide bonds. The van der Waals surface area contributed by atoms with E-state index in [9.17, 15) is 9.59 Å². The van der Waals surface area contributed by atoms with Crippen molar-refractivity contribution >= 4 is 46.1 Å². The number of halogens is 1. The van der Waals surface area contributed by atoms with Gasteiger partial charge in [-0.05, 0) is 37.6 Å². The Labute approximate surface area is 183 Å². The number of ether oxygens (including phenoxy) is 1. The van der Waals surface area contributed by atoms with Gasteiger partial charge in [0.25, 0.3) is 5.91 Å². The lowest BCUT2D eigenvalue weighted by molar-refractivity contribution is -0.136. The second kappa shape index (κ2) is 9.86. The van der Waals surface area contributed by atoms with Crippen molar-refractivity contribution < 1.29 is 19.4 Å². The molecule has 3 N–H and O–H groups in total. The smallest absolute Gasteiger partial charge is 0.319 e. The number of anilines is 1. The summed E-state index contributed by atoms with van der Waals surface area (Å²) in [5, 5.41) is 15.3. The van der Waals surface area contributed by atoms with Crippen LogP contribution >= 0.6 is 23.4 Å². The third kappa shape index (κ3) is 5.90. The molecular formula is C21H22ClN3O4S. The number of carboxylic acid groups (broad SMARTS) is 1. The molecule has 9 heteroatoms. The number of carboxylic acids is 1. The van der Waals surface area contributed by atoms with Gasteiger partial charge in [-0.1, -0.05) is 41.6 Å². The number of benzene rings is 2. The van der Waals surface area contributed by atoms with Crippen LogP contribution in [-0.2, 0) is 11.3 Å². The van der Waals surface area contributed by atoms with E-state index in [1.807, 2.05) is 44.2 Å². The number of amides is 1. The Morgan fingerprint density at radius 2 is 2.07 bits per heavy atom. The summed E-state index contributed by atoms with van der Waals surface area (Å²) >= 11 is 7.24. The van der Waals surface area contributed by atoms with Crippen LogP contribution in [0.2, 0.25) is 5.02 Å². The molecule has 0 radical (unpaired) electrons. The number of amidine groups is 1. The standard InChI is InChI=1S/C21H22ClN3O4S/c1-12(2)29-16-8-14(19(26)25-21-24-11-18(30-21)20(27)28)7-15(9-16)23-10-13-5-3-4-6-17(13)22/h3-9,12,18,23H,10-11H2,1-2H3,(H,27,28)(H,24,25,26). The molecule has 0 bridgehead atoms. The first-order chi connectivity index (χ1) is 14.3. The summed E-state index contributed by atoms with van der Waals surface area (Å²) in [6, 6.07) is 12.7. The van der Waals surface area contributed by atoms with Gasteiger partial charge in [-0.15, -0.1) is 0 Å². The lowest BCUT2D eigenvalue weighted by Crippen LogP contribution is -2.28. The molecule has 7 nitrogen and oxygen atoms in total. The van der Waals surface area contributed by atoms with Crippen LogP contribution in [0, 0.1) is 0 Å². The molecular weight excluding hydrogens is 426 g/mol. The fourth-order valence-electron chi connectivity index (χ4n) is 2.75. The minimum Gasteiger partial charge on any atom is -0.491 e. The molecule has 30 heavy (non-hydrogen) atoms. The number of hydrogen-bond donors (Lipinski definition) is 3. The minimum atomic E-state index is -0.952. The third-order valence-electron chi connectivity index (χ3n) is 4.13. The van der Waals surface area contributed by atoms with Gasteiger partial charge in [-0.25, -0.2) is 0 Å². The second-order valence-corrected chi connectivity index (χ2v) is 8.50. The largest absolute Gasteiger partial charge is 0.491 e. The van der Waals surface area contributed by atoms with Crippen molar-refractivity contribution in [1.82, 2.24) is 5.32 Å². The number of hydrogen-bond acceptors (Lipinski definition) is 6. The number of rotatable bonds is 7. The van der Waals surface area contributed by atoms with Gasteiger partial charge < -0.3 is 20.5 Å². The SMILES string of the molecule is CC(C)Oc1cc(NCc2ccccc2Cl)cc(C(=O)NC2=NCC(C(=O)O)S2)c1. The van der Waals surface area contributed by atoms with Crippen molar-refractivity contribution in [1.29, 1.82) is 0 Å². The summed E-state index contributed by atoms with van der Waals surface area (Å²) in [6.07, 6.45) is -0.0641. The number of nitrogens with zero attached hydrogens (tertiary/aromatic N) is 1. The molecule has 1 aliphatic rings. The molecule has 0 aliphatic carbocycles. The zero-order chi connectivity index (χ0) is 21.7. The first kappa shape index (κ1) is 22.0. The van der Waals surface area contributed by atoms with Crippen LogP contribution in [0.3, 0.4) is 0 Å². The van der Waals surface area contributed by atoms with Crippen LogP contribution < -0.4 is 15.4 Å². The first-order valence-corrected chi connectivity index (χ1v) is 10.6. The van der Waals surface area contributed by atoms with Crippen molar-refractivity contribution in [2.24, 2.45) is 4.99 Å². The quantitative estimate of drug-likeness (QED) is 0.592. The predicted octanol–water partition coefficient (Wildman–Crippen LogP) is 4.03. The monoisotopic (exact) mass is 447 g/mol. The summed E-state index contributed by atoms with van der Waals surface area (Å²) < 4.78 is 5.78. The maximum atomic E-state index is 12.7. The van der Waals surface area contributed by atoms with E-state index in [2.05, 4.69) is 15.6 Å². The molecule has 2 aromatic carbocycles. The number of nitrogens with one attached hydrogen (secondary N) is 2. The fourth-order valence-corrected chi connectivity index (χ4v) is 3.78. The van der Waals surface area contributed by atoms with Crippen molar-refractivity contribution in [3.05, 3.63) is 58.6 Å². The van der Waals surface area contributed by atoms with E-state index in [-0.39, 0.29) is 18.6 Å². The maximum Gasteiger partial charge on any atom is 0.319 e. The van der Waals surface area contributed by atoms with E-state index in [1.54, 1.807) is 12.1 Å². The van der Waals surface area contributed by atoms with Crippen LogP contribution in [0.4, 0.5) is 5.69 Å². The molecule has 0 fully saturated rings. The Bertz CT molecular complexity index is 980. The average Bonchev–Trinajstić information content (AvgIpc) is 3.15. The van der Waals surface area contributed by atoms with Crippen molar-refractivity contribution in [2.45, 2.75) is 31.7 Å². The highest BCUT2D eigenvalue weighted by atomic mass is 35.5. The van der Waals surface area contributed by atoms with Crippen LogP contribution in [0.15, 0.2) is 47.5 Å². The number of carbonyl (C=O) groups is 2. The number of aliphatic carboxylic acids is 1. The van der Waals surface area contributed by atoms with Gasteiger partial charge in [0.15, 0.2) is 5.17 Å². The molecule has 158 valence electrons. The highest BCUT2D eigenvalue weighted by molar-refractivity contribution is 8.15. The Morgan fingerprint density at radius 3 is 2.73 bits per heavy atom. The van der Waals surface area contributed by atoms with Gasteiger partial charge in [0.2, 0.25) is 0 Å². The van der Waals surface area contributed by atoms with E-state index >= 15 is 0 Å². The lowest BCUT2D eigenvalue weighted by atomic mass is 10.1. The van der Waals surface area contributed by atoms with Gasteiger partial charge in [0.05, 0.1) is 12.6 Å². The Balaban J connectivity index is 1.76. The van der Waals surface area contributed by atoms with Gasteiger partial charge in [-0.2, -0.15) is 0 Å². The van der Waals surface area contributed by atoms with Crippen LogP contribution in [-0.4, -0.2) is 40.0 Å². The molecule has 1 heterocycles. The Morgan fingerprint density at radius 1 is 1.30 bits per heavy atom. The molecule has 3 rings (SSSR count). The summed E-state index contributed by atoms with van der Waals surface area (Å²) in [4.78, 5) is 27.9. The molecule has 0 aromatic heterocycles. The summed E-state index contributed by atoms with van der Waals surface area (Å²) in [5.74, 6) is -0.794. The van der Waals surface area contributed by atoms with E-state index in [4.69, 9.17) is 21.4 Å². The minimum absolute atomic E-state index is 0.0641. The van der Waals surface area contributed by atoms with Gasteiger partial charge in [0.1, 0.15) is 11.0 Å². The Hall–Kier alpha value is -2.71. The summed E-state index contributed by atoms with van der Waals surface area (Å²) in [5.41, 5.74) is 2.00. The van der Waals surface area contributed by atoms with Crippen LogP contribution in [0.1, 0.15) is 29.8 Å². The van der Waals surface area contributed by atoms with Gasteiger partial charge in [0, 0.05) is 28.9 Å². The molecule has 1 aliphatic heterocycles. The second-order valence-electron chi connectivity index (χ2n) is 6.90. The molecule has 1 unspecified atom stereocenters. The number of carbonyl (C=O) groups excluding carboxylic acids is 1. The molecule has 1 atom stereocenters.